The predicted molar refractivity (Wildman–Crippen MR) is 152 cm³/mol. The highest BCUT2D eigenvalue weighted by Crippen LogP contribution is 2.66. The van der Waals surface area contributed by atoms with Crippen LogP contribution in [0.2, 0.25) is 0 Å². The Labute approximate surface area is 227 Å². The van der Waals surface area contributed by atoms with E-state index >= 15 is 0 Å². The van der Waals surface area contributed by atoms with Crippen molar-refractivity contribution in [1.29, 1.82) is 0 Å². The fourth-order valence-electron chi connectivity index (χ4n) is 8.25. The van der Waals surface area contributed by atoms with Crippen molar-refractivity contribution in [3.05, 3.63) is 92.1 Å². The summed E-state index contributed by atoms with van der Waals surface area (Å²) in [4.78, 5) is 41.0. The number of hydrogen-bond donors (Lipinski definition) is 0. The molecule has 38 heavy (non-hydrogen) atoms. The van der Waals surface area contributed by atoms with Gasteiger partial charge in [0.15, 0.2) is 17.3 Å². The van der Waals surface area contributed by atoms with Gasteiger partial charge >= 0.3 is 0 Å². The maximum absolute atomic E-state index is 14.4. The average Bonchev–Trinajstić information content (AvgIpc) is 2.81. The molecule has 0 N–H and O–H groups in total. The molecule has 0 aromatic heterocycles. The summed E-state index contributed by atoms with van der Waals surface area (Å²) in [6.07, 6.45) is 4.07. The molecule has 0 fully saturated rings. The Morgan fingerprint density at radius 3 is 2.16 bits per heavy atom. The highest BCUT2D eigenvalue weighted by Gasteiger charge is 2.63. The van der Waals surface area contributed by atoms with Crippen LogP contribution in [0.5, 0.6) is 0 Å². The van der Waals surface area contributed by atoms with E-state index in [-0.39, 0.29) is 28.2 Å². The maximum Gasteiger partial charge on any atom is 0.190 e. The van der Waals surface area contributed by atoms with E-state index in [0.29, 0.717) is 12.0 Å². The summed E-state index contributed by atoms with van der Waals surface area (Å²) in [5, 5.41) is 0. The Morgan fingerprint density at radius 1 is 0.868 bits per heavy atom. The molecule has 198 valence electrons. The minimum Gasteiger partial charge on any atom is -0.294 e. The number of aryl methyl sites for hydroxylation is 4. The summed E-state index contributed by atoms with van der Waals surface area (Å²) in [5.41, 5.74) is 8.14. The SMILES string of the molecule is CC(=O)C1=C(C)CC2(C)CC3(C)Cc4c(CCc5ccc(C)cc5)ccc(C)c4C(=O)C3=C(C)C2(C)C1=O. The molecule has 2 aromatic carbocycles. The van der Waals surface area contributed by atoms with Crippen molar-refractivity contribution < 1.29 is 14.4 Å². The van der Waals surface area contributed by atoms with Crippen LogP contribution in [0, 0.1) is 30.1 Å². The molecular formula is C35H40O3. The second-order valence-electron chi connectivity index (χ2n) is 13.0. The molecule has 0 amide bonds. The van der Waals surface area contributed by atoms with Gasteiger partial charge in [0.25, 0.3) is 0 Å². The van der Waals surface area contributed by atoms with Crippen LogP contribution in [-0.2, 0) is 28.9 Å². The van der Waals surface area contributed by atoms with Crippen molar-refractivity contribution in [2.24, 2.45) is 16.2 Å². The molecule has 3 aliphatic carbocycles. The summed E-state index contributed by atoms with van der Waals surface area (Å²) in [7, 11) is 0. The monoisotopic (exact) mass is 508 g/mol. The summed E-state index contributed by atoms with van der Waals surface area (Å²) in [6.45, 7) is 16.0. The molecule has 2 aromatic rings. The zero-order valence-corrected chi connectivity index (χ0v) is 24.2. The maximum atomic E-state index is 14.4. The van der Waals surface area contributed by atoms with Gasteiger partial charge in [-0.1, -0.05) is 67.0 Å². The molecule has 3 atom stereocenters. The van der Waals surface area contributed by atoms with Gasteiger partial charge in [-0.3, -0.25) is 14.4 Å². The third-order valence-electron chi connectivity index (χ3n) is 10.3. The Morgan fingerprint density at radius 2 is 1.53 bits per heavy atom. The fourth-order valence-corrected chi connectivity index (χ4v) is 8.25. The lowest BCUT2D eigenvalue weighted by Crippen LogP contribution is -2.57. The molecule has 3 aliphatic rings. The number of rotatable bonds is 4. The van der Waals surface area contributed by atoms with Gasteiger partial charge in [-0.05, 0) is 101 Å². The third kappa shape index (κ3) is 3.65. The van der Waals surface area contributed by atoms with Crippen LogP contribution < -0.4 is 0 Å². The molecule has 5 rings (SSSR count). The topological polar surface area (TPSA) is 51.2 Å². The highest BCUT2D eigenvalue weighted by molar-refractivity contribution is 6.24. The van der Waals surface area contributed by atoms with Crippen molar-refractivity contribution >= 4 is 17.3 Å². The molecule has 3 nitrogen and oxygen atoms in total. The first-order chi connectivity index (χ1) is 17.7. The summed E-state index contributed by atoms with van der Waals surface area (Å²) >= 11 is 0. The van der Waals surface area contributed by atoms with E-state index in [0.717, 1.165) is 53.5 Å². The highest BCUT2D eigenvalue weighted by atomic mass is 16.2. The molecule has 0 bridgehead atoms. The molecule has 0 saturated heterocycles. The first kappa shape index (κ1) is 26.5. The minimum absolute atomic E-state index is 0.0765. The van der Waals surface area contributed by atoms with E-state index in [1.54, 1.807) is 0 Å². The normalized spacial score (nSPS) is 28.7. The van der Waals surface area contributed by atoms with E-state index in [9.17, 15) is 14.4 Å². The number of Topliss-reactive ketones (excluding diaryl/α,β-unsaturated/α-hetero) is 3. The summed E-state index contributed by atoms with van der Waals surface area (Å²) in [5.74, 6) is -0.200. The van der Waals surface area contributed by atoms with Crippen molar-refractivity contribution in [3.63, 3.8) is 0 Å². The second-order valence-corrected chi connectivity index (χ2v) is 13.0. The van der Waals surface area contributed by atoms with Gasteiger partial charge in [0, 0.05) is 16.6 Å². The molecule has 0 radical (unpaired) electrons. The van der Waals surface area contributed by atoms with Crippen LogP contribution >= 0.6 is 0 Å². The van der Waals surface area contributed by atoms with Crippen molar-refractivity contribution in [1.82, 2.24) is 0 Å². The second kappa shape index (κ2) is 8.73. The number of hydrogen-bond acceptors (Lipinski definition) is 3. The van der Waals surface area contributed by atoms with Gasteiger partial charge in [0.05, 0.1) is 11.0 Å². The van der Waals surface area contributed by atoms with E-state index in [1.165, 1.54) is 29.2 Å². The van der Waals surface area contributed by atoms with Gasteiger partial charge in [0.2, 0.25) is 0 Å². The van der Waals surface area contributed by atoms with Crippen molar-refractivity contribution in [2.75, 3.05) is 0 Å². The minimum atomic E-state index is -0.869. The van der Waals surface area contributed by atoms with Crippen LogP contribution in [0.25, 0.3) is 0 Å². The molecule has 0 heterocycles. The van der Waals surface area contributed by atoms with Crippen LogP contribution in [0.3, 0.4) is 0 Å². The smallest absolute Gasteiger partial charge is 0.190 e. The number of carbonyl (C=O) groups is 3. The Kier molecular flexibility index (Phi) is 6.09. The van der Waals surface area contributed by atoms with Gasteiger partial charge in [-0.25, -0.2) is 0 Å². The number of benzene rings is 2. The molecule has 0 aliphatic heterocycles. The number of carbonyl (C=O) groups excluding carboxylic acids is 3. The first-order valence-electron chi connectivity index (χ1n) is 13.9. The zero-order chi connectivity index (χ0) is 27.8. The first-order valence-corrected chi connectivity index (χ1v) is 13.9. The standard InChI is InChI=1S/C35H40O3/c1-20-9-12-25(13-10-20)14-16-26-15-11-21(2)29-27(26)18-33(6)19-34(7)17-22(3)28(24(5)36)32(38)35(34,8)23(4)30(33)31(29)37/h9-13,15H,14,16-19H2,1-8H3. The zero-order valence-electron chi connectivity index (χ0n) is 24.2. The van der Waals surface area contributed by atoms with Gasteiger partial charge < -0.3 is 0 Å². The molecule has 0 saturated carbocycles. The van der Waals surface area contributed by atoms with E-state index in [2.05, 4.69) is 57.2 Å². The number of allylic oxidation sites excluding steroid dienone is 4. The van der Waals surface area contributed by atoms with Crippen LogP contribution in [-0.4, -0.2) is 17.3 Å². The number of ketones is 3. The average molecular weight is 509 g/mol. The Balaban J connectivity index is 1.63. The third-order valence-corrected chi connectivity index (χ3v) is 10.3. The summed E-state index contributed by atoms with van der Waals surface area (Å²) < 4.78 is 0. The lowest BCUT2D eigenvalue weighted by Gasteiger charge is -2.59. The Hall–Kier alpha value is -3.07. The molecule has 3 heteroatoms. The lowest BCUT2D eigenvalue weighted by atomic mass is 9.42. The van der Waals surface area contributed by atoms with Crippen LogP contribution in [0.4, 0.5) is 0 Å². The number of fused-ring (bicyclic) bond motifs is 3. The van der Waals surface area contributed by atoms with Crippen LogP contribution in [0.15, 0.2) is 58.7 Å². The van der Waals surface area contributed by atoms with Crippen molar-refractivity contribution in [2.45, 2.75) is 87.5 Å². The van der Waals surface area contributed by atoms with Crippen molar-refractivity contribution in [3.8, 4) is 0 Å². The van der Waals surface area contributed by atoms with Gasteiger partial charge in [0.1, 0.15) is 0 Å². The van der Waals surface area contributed by atoms with E-state index in [4.69, 9.17) is 0 Å². The molecule has 0 spiro atoms. The lowest BCUT2D eigenvalue weighted by molar-refractivity contribution is -0.134. The van der Waals surface area contributed by atoms with Gasteiger partial charge in [-0.15, -0.1) is 0 Å². The Bertz CT molecular complexity index is 1470. The quantitative estimate of drug-likeness (QED) is 0.403. The van der Waals surface area contributed by atoms with E-state index in [1.807, 2.05) is 27.7 Å². The van der Waals surface area contributed by atoms with E-state index < -0.39 is 5.41 Å². The largest absolute Gasteiger partial charge is 0.294 e. The molecule has 3 unspecified atom stereocenters. The van der Waals surface area contributed by atoms with Crippen LogP contribution in [0.1, 0.15) is 92.6 Å². The summed E-state index contributed by atoms with van der Waals surface area (Å²) in [6, 6.07) is 13.0. The molecular weight excluding hydrogens is 468 g/mol. The predicted octanol–water partition coefficient (Wildman–Crippen LogP) is 7.44. The van der Waals surface area contributed by atoms with Gasteiger partial charge in [-0.2, -0.15) is 0 Å². The fraction of sp³-hybridized carbons (Fsp3) is 0.457.